The normalized spacial score (nSPS) is 10.1. The number of aryl methyl sites for hydroxylation is 1. The Morgan fingerprint density at radius 2 is 2.33 bits per heavy atom. The Morgan fingerprint density at radius 1 is 1.60 bits per heavy atom. The predicted octanol–water partition coefficient (Wildman–Crippen LogP) is 1.57. The van der Waals surface area contributed by atoms with Crippen LogP contribution in [0.5, 0.6) is 0 Å². The van der Waals surface area contributed by atoms with E-state index in [1.54, 1.807) is 13.0 Å². The first-order chi connectivity index (χ1) is 7.11. The number of hydrogen-bond acceptors (Lipinski definition) is 5. The molecule has 15 heavy (non-hydrogen) atoms. The lowest BCUT2D eigenvalue weighted by molar-refractivity contribution is 0.0696. The second-order valence-electron chi connectivity index (χ2n) is 2.88. The number of thiazole rings is 1. The molecule has 5 nitrogen and oxygen atoms in total. The molecule has 0 saturated carbocycles. The maximum atomic E-state index is 10.7. The summed E-state index contributed by atoms with van der Waals surface area (Å²) in [4.78, 5) is 18.6. The highest BCUT2D eigenvalue weighted by Crippen LogP contribution is 2.22. The molecule has 6 heteroatoms. The quantitative estimate of drug-likeness (QED) is 0.786. The van der Waals surface area contributed by atoms with Gasteiger partial charge in [0, 0.05) is 0 Å². The Labute approximate surface area is 88.6 Å². The van der Waals surface area contributed by atoms with Crippen molar-refractivity contribution in [1.82, 2.24) is 9.97 Å². The van der Waals surface area contributed by atoms with Gasteiger partial charge in [-0.2, -0.15) is 5.26 Å². The molecule has 74 valence electrons. The summed E-state index contributed by atoms with van der Waals surface area (Å²) in [5, 5.41) is 17.5. The summed E-state index contributed by atoms with van der Waals surface area (Å²) < 4.78 is 0.620. The Bertz CT molecular complexity index is 597. The van der Waals surface area contributed by atoms with E-state index in [2.05, 4.69) is 9.97 Å². The average molecular weight is 219 g/mol. The van der Waals surface area contributed by atoms with Crippen molar-refractivity contribution in [3.63, 3.8) is 0 Å². The summed E-state index contributed by atoms with van der Waals surface area (Å²) in [6.07, 6.45) is 0. The summed E-state index contributed by atoms with van der Waals surface area (Å²) >= 11 is 1.02. The van der Waals surface area contributed by atoms with E-state index in [0.29, 0.717) is 21.6 Å². The fourth-order valence-electron chi connectivity index (χ4n) is 1.16. The van der Waals surface area contributed by atoms with Crippen molar-refractivity contribution in [3.05, 3.63) is 22.3 Å². The molecule has 0 aromatic carbocycles. The van der Waals surface area contributed by atoms with Crippen LogP contribution in [0.4, 0.5) is 0 Å². The van der Waals surface area contributed by atoms with Crippen LogP contribution in [-0.4, -0.2) is 21.0 Å². The summed E-state index contributed by atoms with van der Waals surface area (Å²) in [7, 11) is 0. The third-order valence-electron chi connectivity index (χ3n) is 1.88. The van der Waals surface area contributed by atoms with Crippen LogP contribution < -0.4 is 0 Å². The van der Waals surface area contributed by atoms with Gasteiger partial charge in [0.2, 0.25) is 5.01 Å². The van der Waals surface area contributed by atoms with Crippen LogP contribution in [0.15, 0.2) is 6.07 Å². The third-order valence-corrected chi connectivity index (χ3v) is 2.86. The first kappa shape index (κ1) is 9.55. The van der Waals surface area contributed by atoms with Crippen LogP contribution in [0.3, 0.4) is 0 Å². The van der Waals surface area contributed by atoms with Gasteiger partial charge in [0.15, 0.2) is 5.65 Å². The minimum Gasteiger partial charge on any atom is -0.476 e. The first-order valence-electron chi connectivity index (χ1n) is 4.03. The molecule has 0 saturated heterocycles. The molecule has 0 spiro atoms. The number of nitrogens with zero attached hydrogens (tertiary/aromatic N) is 3. The molecular weight excluding hydrogens is 214 g/mol. The van der Waals surface area contributed by atoms with Gasteiger partial charge in [-0.15, -0.1) is 11.3 Å². The molecule has 1 N–H and O–H groups in total. The molecule has 0 radical (unpaired) electrons. The summed E-state index contributed by atoms with van der Waals surface area (Å²) in [5.74, 6) is -1.07. The highest BCUT2D eigenvalue weighted by atomic mass is 32.1. The SMILES string of the molecule is Cc1nc2nc(C(=O)O)sc2cc1C#N. The fraction of sp³-hybridized carbons (Fsp3) is 0.111. The highest BCUT2D eigenvalue weighted by Gasteiger charge is 2.12. The van der Waals surface area contributed by atoms with Crippen LogP contribution in [0, 0.1) is 18.3 Å². The largest absolute Gasteiger partial charge is 0.476 e. The minimum absolute atomic E-state index is 0.00742. The Kier molecular flexibility index (Phi) is 2.10. The molecule has 0 fully saturated rings. The van der Waals surface area contributed by atoms with Gasteiger partial charge in [0.1, 0.15) is 6.07 Å². The van der Waals surface area contributed by atoms with Gasteiger partial charge >= 0.3 is 5.97 Å². The number of carbonyl (C=O) groups is 1. The lowest BCUT2D eigenvalue weighted by atomic mass is 10.2. The predicted molar refractivity (Wildman–Crippen MR) is 53.8 cm³/mol. The summed E-state index contributed by atoms with van der Waals surface area (Å²) in [6.45, 7) is 1.69. The van der Waals surface area contributed by atoms with Crippen molar-refractivity contribution in [2.24, 2.45) is 0 Å². The van der Waals surface area contributed by atoms with E-state index in [0.717, 1.165) is 11.3 Å². The van der Waals surface area contributed by atoms with E-state index in [-0.39, 0.29) is 5.01 Å². The molecule has 0 aliphatic heterocycles. The maximum Gasteiger partial charge on any atom is 0.365 e. The van der Waals surface area contributed by atoms with E-state index in [4.69, 9.17) is 10.4 Å². The fourth-order valence-corrected chi connectivity index (χ4v) is 1.94. The maximum absolute atomic E-state index is 10.7. The van der Waals surface area contributed by atoms with E-state index >= 15 is 0 Å². The van der Waals surface area contributed by atoms with E-state index in [9.17, 15) is 4.79 Å². The number of carboxylic acid groups (broad SMARTS) is 1. The number of aromatic nitrogens is 2. The van der Waals surface area contributed by atoms with Crippen LogP contribution in [0.25, 0.3) is 10.3 Å². The minimum atomic E-state index is -1.07. The zero-order valence-corrected chi connectivity index (χ0v) is 8.50. The van der Waals surface area contributed by atoms with Crippen molar-refractivity contribution in [2.45, 2.75) is 6.92 Å². The molecular formula is C9H5N3O2S. The van der Waals surface area contributed by atoms with Crippen molar-refractivity contribution >= 4 is 27.7 Å². The lowest BCUT2D eigenvalue weighted by Crippen LogP contribution is -1.94. The van der Waals surface area contributed by atoms with Gasteiger partial charge in [-0.1, -0.05) is 0 Å². The molecule has 2 heterocycles. The number of carboxylic acids is 1. The molecule has 0 unspecified atom stereocenters. The second-order valence-corrected chi connectivity index (χ2v) is 3.91. The van der Waals surface area contributed by atoms with Crippen molar-refractivity contribution < 1.29 is 9.90 Å². The number of fused-ring (bicyclic) bond motifs is 1. The van der Waals surface area contributed by atoms with Gasteiger partial charge < -0.3 is 5.11 Å². The zero-order chi connectivity index (χ0) is 11.0. The van der Waals surface area contributed by atoms with Gasteiger partial charge in [-0.05, 0) is 13.0 Å². The van der Waals surface area contributed by atoms with Crippen LogP contribution >= 0.6 is 11.3 Å². The Hall–Kier alpha value is -2.00. The van der Waals surface area contributed by atoms with Crippen LogP contribution in [0.2, 0.25) is 0 Å². The van der Waals surface area contributed by atoms with Gasteiger partial charge in [0.05, 0.1) is 16.0 Å². The molecule has 0 atom stereocenters. The number of nitriles is 1. The van der Waals surface area contributed by atoms with Crippen LogP contribution in [0.1, 0.15) is 21.1 Å². The molecule has 0 bridgehead atoms. The molecule has 2 rings (SSSR count). The van der Waals surface area contributed by atoms with Crippen molar-refractivity contribution in [3.8, 4) is 6.07 Å². The van der Waals surface area contributed by atoms with E-state index < -0.39 is 5.97 Å². The molecule has 2 aromatic rings. The smallest absolute Gasteiger partial charge is 0.365 e. The highest BCUT2D eigenvalue weighted by molar-refractivity contribution is 7.20. The molecule has 0 amide bonds. The third kappa shape index (κ3) is 1.53. The van der Waals surface area contributed by atoms with Gasteiger partial charge in [-0.3, -0.25) is 0 Å². The van der Waals surface area contributed by atoms with E-state index in [1.807, 2.05) is 6.07 Å². The average Bonchev–Trinajstić information content (AvgIpc) is 2.59. The summed E-state index contributed by atoms with van der Waals surface area (Å²) in [6, 6.07) is 3.61. The monoisotopic (exact) mass is 219 g/mol. The molecule has 2 aromatic heterocycles. The first-order valence-corrected chi connectivity index (χ1v) is 4.85. The van der Waals surface area contributed by atoms with E-state index in [1.165, 1.54) is 0 Å². The standard InChI is InChI=1S/C9H5N3O2S/c1-4-5(3-10)2-6-7(11-4)12-8(15-6)9(13)14/h2H,1H3,(H,13,14). The number of pyridine rings is 1. The van der Waals surface area contributed by atoms with Crippen LogP contribution in [-0.2, 0) is 0 Å². The number of hydrogen-bond donors (Lipinski definition) is 1. The van der Waals surface area contributed by atoms with Crippen molar-refractivity contribution in [2.75, 3.05) is 0 Å². The number of rotatable bonds is 1. The zero-order valence-electron chi connectivity index (χ0n) is 7.68. The molecule has 0 aliphatic rings. The Morgan fingerprint density at radius 3 is 2.93 bits per heavy atom. The topological polar surface area (TPSA) is 86.9 Å². The summed E-state index contributed by atoms with van der Waals surface area (Å²) in [5.41, 5.74) is 1.39. The van der Waals surface area contributed by atoms with Gasteiger partial charge in [-0.25, -0.2) is 14.8 Å². The number of aromatic carboxylic acids is 1. The lowest BCUT2D eigenvalue weighted by Gasteiger charge is -1.93. The Balaban J connectivity index is 2.73. The second kappa shape index (κ2) is 3.29. The molecule has 0 aliphatic carbocycles. The van der Waals surface area contributed by atoms with Gasteiger partial charge in [0.25, 0.3) is 0 Å². The van der Waals surface area contributed by atoms with Crippen molar-refractivity contribution in [1.29, 1.82) is 5.26 Å².